The van der Waals surface area contributed by atoms with Crippen molar-refractivity contribution in [1.29, 1.82) is 0 Å². The van der Waals surface area contributed by atoms with Crippen LogP contribution >= 0.6 is 0 Å². The Morgan fingerprint density at radius 1 is 1.00 bits per heavy atom. The van der Waals surface area contributed by atoms with Crippen molar-refractivity contribution in [1.82, 2.24) is 9.80 Å². The van der Waals surface area contributed by atoms with Crippen LogP contribution in [-0.4, -0.2) is 77.4 Å². The molecule has 1 aliphatic heterocycles. The molecule has 120 valence electrons. The molecular formula is C15H34N3O2+. The summed E-state index contributed by atoms with van der Waals surface area (Å²) in [6.45, 7) is 17.9. The van der Waals surface area contributed by atoms with Crippen LogP contribution in [0, 0.1) is 0 Å². The van der Waals surface area contributed by atoms with Gasteiger partial charge in [-0.05, 0) is 41.5 Å². The first kappa shape index (κ1) is 17.9. The van der Waals surface area contributed by atoms with Crippen LogP contribution in [0.25, 0.3) is 0 Å². The molecule has 0 spiro atoms. The summed E-state index contributed by atoms with van der Waals surface area (Å²) in [5.41, 5.74) is 0.0198. The molecule has 1 rings (SSSR count). The van der Waals surface area contributed by atoms with Crippen molar-refractivity contribution in [2.75, 3.05) is 46.6 Å². The molecule has 0 aromatic carbocycles. The number of hydroxylamine groups is 3. The molecule has 1 N–H and O–H groups in total. The number of quaternary nitrogens is 1. The summed E-state index contributed by atoms with van der Waals surface area (Å²) in [5.74, 6) is 0. The van der Waals surface area contributed by atoms with Gasteiger partial charge in [0.2, 0.25) is 6.73 Å². The first-order chi connectivity index (χ1) is 8.89. The van der Waals surface area contributed by atoms with Crippen LogP contribution in [0.3, 0.4) is 0 Å². The fourth-order valence-corrected chi connectivity index (χ4v) is 2.36. The van der Waals surface area contributed by atoms with E-state index < -0.39 is 0 Å². The lowest BCUT2D eigenvalue weighted by Crippen LogP contribution is -2.58. The zero-order valence-corrected chi connectivity index (χ0v) is 14.4. The SMILES string of the molecule is CC(C)(C)OC[N+](C)(O)CN1CCN(C(C)(C)C)CC1. The Hall–Kier alpha value is -0.200. The van der Waals surface area contributed by atoms with Crippen LogP contribution in [0.4, 0.5) is 0 Å². The number of rotatable bonds is 4. The number of hydrogen-bond donors (Lipinski definition) is 1. The average molecular weight is 288 g/mol. The zero-order valence-electron chi connectivity index (χ0n) is 14.4. The molecule has 0 bridgehead atoms. The van der Waals surface area contributed by atoms with Gasteiger partial charge in [-0.2, -0.15) is 0 Å². The maximum Gasteiger partial charge on any atom is 0.214 e. The smallest absolute Gasteiger partial charge is 0.214 e. The molecule has 1 unspecified atom stereocenters. The molecule has 0 amide bonds. The molecule has 1 aliphatic rings. The lowest BCUT2D eigenvalue weighted by molar-refractivity contribution is -1.11. The number of nitrogens with zero attached hydrogens (tertiary/aromatic N) is 3. The first-order valence-electron chi connectivity index (χ1n) is 7.58. The largest absolute Gasteiger partial charge is 0.323 e. The van der Waals surface area contributed by atoms with E-state index in [0.29, 0.717) is 13.4 Å². The Morgan fingerprint density at radius 2 is 1.50 bits per heavy atom. The van der Waals surface area contributed by atoms with Crippen molar-refractivity contribution in [2.24, 2.45) is 0 Å². The second-order valence-corrected chi connectivity index (χ2v) is 8.14. The van der Waals surface area contributed by atoms with E-state index in [1.807, 2.05) is 27.8 Å². The maximum absolute atomic E-state index is 10.4. The lowest BCUT2D eigenvalue weighted by Gasteiger charge is -2.43. The molecule has 1 heterocycles. The molecule has 0 aliphatic carbocycles. The van der Waals surface area contributed by atoms with Crippen molar-refractivity contribution in [3.63, 3.8) is 0 Å². The predicted octanol–water partition coefficient (Wildman–Crippen LogP) is 1.97. The summed E-state index contributed by atoms with van der Waals surface area (Å²) >= 11 is 0. The van der Waals surface area contributed by atoms with E-state index in [1.54, 1.807) is 0 Å². The van der Waals surface area contributed by atoms with E-state index in [2.05, 4.69) is 30.6 Å². The standard InChI is InChI=1S/C15H34N3O2/c1-14(2,3)17-10-8-16(9-11-17)12-18(7,19)13-20-15(4,5)6/h19H,8-13H2,1-7H3/q+1. The van der Waals surface area contributed by atoms with Crippen LogP contribution in [0.15, 0.2) is 0 Å². The summed E-state index contributed by atoms with van der Waals surface area (Å²) in [6.07, 6.45) is 0. The van der Waals surface area contributed by atoms with Gasteiger partial charge < -0.3 is 4.74 Å². The van der Waals surface area contributed by atoms with Gasteiger partial charge in [-0.1, -0.05) is 0 Å². The summed E-state index contributed by atoms with van der Waals surface area (Å²) in [7, 11) is 1.81. The van der Waals surface area contributed by atoms with Crippen molar-refractivity contribution in [3.05, 3.63) is 0 Å². The molecule has 0 radical (unpaired) electrons. The minimum Gasteiger partial charge on any atom is -0.323 e. The predicted molar refractivity (Wildman–Crippen MR) is 81.4 cm³/mol. The summed E-state index contributed by atoms with van der Waals surface area (Å²) in [6, 6.07) is 0. The van der Waals surface area contributed by atoms with Crippen molar-refractivity contribution < 1.29 is 14.6 Å². The van der Waals surface area contributed by atoms with Gasteiger partial charge in [0.15, 0.2) is 6.67 Å². The average Bonchev–Trinajstić information content (AvgIpc) is 2.25. The van der Waals surface area contributed by atoms with Gasteiger partial charge in [0.25, 0.3) is 0 Å². The number of ether oxygens (including phenoxy) is 1. The number of hydrogen-bond acceptors (Lipinski definition) is 4. The van der Waals surface area contributed by atoms with Gasteiger partial charge >= 0.3 is 0 Å². The summed E-state index contributed by atoms with van der Waals surface area (Å²) in [4.78, 5) is 4.81. The van der Waals surface area contributed by atoms with Crippen LogP contribution in [-0.2, 0) is 4.74 Å². The van der Waals surface area contributed by atoms with E-state index in [1.165, 1.54) is 0 Å². The number of piperazine rings is 1. The maximum atomic E-state index is 10.4. The zero-order chi connectivity index (χ0) is 15.6. The van der Waals surface area contributed by atoms with E-state index in [-0.39, 0.29) is 15.8 Å². The minimum atomic E-state index is -0.215. The normalized spacial score (nSPS) is 22.8. The van der Waals surface area contributed by atoms with E-state index in [4.69, 9.17) is 4.74 Å². The Labute approximate surface area is 124 Å². The van der Waals surface area contributed by atoms with Gasteiger partial charge in [-0.25, -0.2) is 5.21 Å². The topological polar surface area (TPSA) is 35.9 Å². The summed E-state index contributed by atoms with van der Waals surface area (Å²) in [5, 5.41) is 10.4. The Morgan fingerprint density at radius 3 is 1.90 bits per heavy atom. The van der Waals surface area contributed by atoms with Crippen molar-refractivity contribution in [2.45, 2.75) is 52.7 Å². The molecule has 20 heavy (non-hydrogen) atoms. The van der Waals surface area contributed by atoms with E-state index >= 15 is 0 Å². The highest BCUT2D eigenvalue weighted by molar-refractivity contribution is 4.81. The van der Waals surface area contributed by atoms with Gasteiger partial charge in [0, 0.05) is 31.7 Å². The second-order valence-electron chi connectivity index (χ2n) is 8.14. The Bertz CT molecular complexity index is 297. The molecule has 0 aromatic rings. The van der Waals surface area contributed by atoms with Crippen LogP contribution in [0.1, 0.15) is 41.5 Å². The van der Waals surface area contributed by atoms with Crippen LogP contribution in [0.2, 0.25) is 0 Å². The minimum absolute atomic E-state index is 0.104. The molecule has 1 saturated heterocycles. The highest BCUT2D eigenvalue weighted by atomic mass is 16.6. The highest BCUT2D eigenvalue weighted by Gasteiger charge is 2.31. The fraction of sp³-hybridized carbons (Fsp3) is 1.00. The monoisotopic (exact) mass is 288 g/mol. The molecule has 0 saturated carbocycles. The lowest BCUT2D eigenvalue weighted by atomic mass is 10.1. The van der Waals surface area contributed by atoms with Crippen molar-refractivity contribution in [3.8, 4) is 0 Å². The Balaban J connectivity index is 2.39. The molecular weight excluding hydrogens is 254 g/mol. The van der Waals surface area contributed by atoms with E-state index in [0.717, 1.165) is 26.2 Å². The quantitative estimate of drug-likeness (QED) is 0.487. The molecule has 5 heteroatoms. The van der Waals surface area contributed by atoms with Gasteiger partial charge in [-0.3, -0.25) is 9.80 Å². The fourth-order valence-electron chi connectivity index (χ4n) is 2.36. The van der Waals surface area contributed by atoms with E-state index in [9.17, 15) is 5.21 Å². The summed E-state index contributed by atoms with van der Waals surface area (Å²) < 4.78 is 5.59. The third-order valence-corrected chi connectivity index (χ3v) is 3.60. The third kappa shape index (κ3) is 6.50. The molecule has 1 fully saturated rings. The third-order valence-electron chi connectivity index (χ3n) is 3.60. The molecule has 1 atom stereocenters. The van der Waals surface area contributed by atoms with Gasteiger partial charge in [0.05, 0.1) is 5.60 Å². The van der Waals surface area contributed by atoms with Gasteiger partial charge in [-0.15, -0.1) is 4.65 Å². The van der Waals surface area contributed by atoms with Crippen LogP contribution in [0.5, 0.6) is 0 Å². The van der Waals surface area contributed by atoms with Gasteiger partial charge in [0.1, 0.15) is 7.05 Å². The highest BCUT2D eigenvalue weighted by Crippen LogP contribution is 2.17. The Kier molecular flexibility index (Phi) is 5.60. The second kappa shape index (κ2) is 6.28. The first-order valence-corrected chi connectivity index (χ1v) is 7.58. The van der Waals surface area contributed by atoms with Crippen LogP contribution < -0.4 is 0 Å². The van der Waals surface area contributed by atoms with Crippen molar-refractivity contribution >= 4 is 0 Å². The molecule has 5 nitrogen and oxygen atoms in total. The molecule has 0 aromatic heterocycles.